The van der Waals surface area contributed by atoms with Crippen LogP contribution in [0.3, 0.4) is 0 Å². The topological polar surface area (TPSA) is 40.5 Å². The fourth-order valence-corrected chi connectivity index (χ4v) is 3.23. The van der Waals surface area contributed by atoms with E-state index < -0.39 is 0 Å². The van der Waals surface area contributed by atoms with E-state index in [0.717, 1.165) is 43.2 Å². The summed E-state index contributed by atoms with van der Waals surface area (Å²) < 4.78 is 0. The van der Waals surface area contributed by atoms with Crippen LogP contribution in [0.25, 0.3) is 0 Å². The first-order valence-electron chi connectivity index (χ1n) is 7.23. The van der Waals surface area contributed by atoms with E-state index in [2.05, 4.69) is 6.92 Å². The molecule has 110 valence electrons. The second kappa shape index (κ2) is 7.70. The largest absolute Gasteiger partial charge is 0.392 e. The third kappa shape index (κ3) is 4.53. The van der Waals surface area contributed by atoms with Crippen molar-refractivity contribution in [2.24, 2.45) is 5.92 Å². The minimum absolute atomic E-state index is 0.0826. The number of likely N-dealkylation sites (tertiary alicyclic amines) is 1. The van der Waals surface area contributed by atoms with E-state index in [1.807, 2.05) is 29.2 Å². The number of nitrogens with zero attached hydrogens (tertiary/aromatic N) is 1. The molecule has 0 aliphatic carbocycles. The molecule has 1 N–H and O–H groups in total. The second-order valence-corrected chi connectivity index (χ2v) is 6.52. The zero-order valence-electron chi connectivity index (χ0n) is 12.0. The summed E-state index contributed by atoms with van der Waals surface area (Å²) in [5.41, 5.74) is 2.13. The highest BCUT2D eigenvalue weighted by Gasteiger charge is 2.19. The maximum absolute atomic E-state index is 12.1. The summed E-state index contributed by atoms with van der Waals surface area (Å²) in [6.45, 7) is 4.18. The Morgan fingerprint density at radius 3 is 2.45 bits per heavy atom. The van der Waals surface area contributed by atoms with Crippen LogP contribution in [0, 0.1) is 5.92 Å². The third-order valence-electron chi connectivity index (χ3n) is 3.84. The van der Waals surface area contributed by atoms with Gasteiger partial charge in [-0.3, -0.25) is 4.79 Å². The van der Waals surface area contributed by atoms with Gasteiger partial charge in [-0.25, -0.2) is 0 Å². The maximum atomic E-state index is 12.1. The molecule has 0 aromatic heterocycles. The number of amides is 1. The van der Waals surface area contributed by atoms with Crippen molar-refractivity contribution >= 4 is 17.7 Å². The van der Waals surface area contributed by atoms with Crippen molar-refractivity contribution in [3.63, 3.8) is 0 Å². The van der Waals surface area contributed by atoms with E-state index in [0.29, 0.717) is 5.75 Å². The van der Waals surface area contributed by atoms with E-state index in [9.17, 15) is 4.79 Å². The quantitative estimate of drug-likeness (QED) is 0.907. The van der Waals surface area contributed by atoms with Crippen molar-refractivity contribution < 1.29 is 9.90 Å². The summed E-state index contributed by atoms with van der Waals surface area (Å²) in [5, 5.41) is 8.98. The van der Waals surface area contributed by atoms with Gasteiger partial charge in [-0.2, -0.15) is 0 Å². The molecule has 0 radical (unpaired) electrons. The maximum Gasteiger partial charge on any atom is 0.232 e. The highest BCUT2D eigenvalue weighted by Crippen LogP contribution is 2.18. The Hall–Kier alpha value is -1.00. The molecule has 0 spiro atoms. The van der Waals surface area contributed by atoms with E-state index in [1.54, 1.807) is 11.8 Å². The molecule has 1 aromatic carbocycles. The number of benzene rings is 1. The number of aliphatic hydroxyl groups is 1. The molecular weight excluding hydrogens is 270 g/mol. The average Bonchev–Trinajstić information content (AvgIpc) is 2.48. The summed E-state index contributed by atoms with van der Waals surface area (Å²) in [6, 6.07) is 7.91. The molecule has 1 heterocycles. The highest BCUT2D eigenvalue weighted by atomic mass is 32.2. The van der Waals surface area contributed by atoms with Crippen molar-refractivity contribution in [3.8, 4) is 0 Å². The molecule has 20 heavy (non-hydrogen) atoms. The van der Waals surface area contributed by atoms with Gasteiger partial charge in [0, 0.05) is 18.8 Å². The van der Waals surface area contributed by atoms with Crippen LogP contribution in [0.15, 0.2) is 24.3 Å². The summed E-state index contributed by atoms with van der Waals surface area (Å²) in [5.74, 6) is 2.45. The van der Waals surface area contributed by atoms with Gasteiger partial charge in [-0.15, -0.1) is 11.8 Å². The van der Waals surface area contributed by atoms with Gasteiger partial charge in [0.15, 0.2) is 0 Å². The van der Waals surface area contributed by atoms with Crippen LogP contribution >= 0.6 is 11.8 Å². The number of hydrogen-bond acceptors (Lipinski definition) is 3. The van der Waals surface area contributed by atoms with Crippen LogP contribution in [0.5, 0.6) is 0 Å². The molecule has 0 unspecified atom stereocenters. The minimum Gasteiger partial charge on any atom is -0.392 e. The van der Waals surface area contributed by atoms with Gasteiger partial charge in [-0.05, 0) is 29.9 Å². The number of piperidine rings is 1. The van der Waals surface area contributed by atoms with Gasteiger partial charge >= 0.3 is 0 Å². The number of carbonyl (C=O) groups excluding carboxylic acids is 1. The van der Waals surface area contributed by atoms with E-state index >= 15 is 0 Å². The molecule has 1 aliphatic rings. The Labute approximate surface area is 125 Å². The summed E-state index contributed by atoms with van der Waals surface area (Å²) in [4.78, 5) is 14.1. The van der Waals surface area contributed by atoms with Gasteiger partial charge in [0.25, 0.3) is 0 Å². The minimum atomic E-state index is 0.0826. The molecule has 1 amide bonds. The van der Waals surface area contributed by atoms with Gasteiger partial charge < -0.3 is 10.0 Å². The first-order chi connectivity index (χ1) is 9.69. The fraction of sp³-hybridized carbons (Fsp3) is 0.562. The lowest BCUT2D eigenvalue weighted by molar-refractivity contribution is -0.129. The van der Waals surface area contributed by atoms with Gasteiger partial charge in [0.2, 0.25) is 5.91 Å². The summed E-state index contributed by atoms with van der Waals surface area (Å²) in [7, 11) is 0. The lowest BCUT2D eigenvalue weighted by Crippen LogP contribution is -2.38. The van der Waals surface area contributed by atoms with Crippen molar-refractivity contribution in [2.75, 3.05) is 18.8 Å². The van der Waals surface area contributed by atoms with Crippen LogP contribution in [-0.2, 0) is 17.2 Å². The Bertz CT molecular complexity index is 425. The first kappa shape index (κ1) is 15.4. The van der Waals surface area contributed by atoms with Crippen LogP contribution in [0.2, 0.25) is 0 Å². The van der Waals surface area contributed by atoms with Crippen LogP contribution < -0.4 is 0 Å². The van der Waals surface area contributed by atoms with Gasteiger partial charge in [0.05, 0.1) is 12.4 Å². The summed E-state index contributed by atoms with van der Waals surface area (Å²) in [6.07, 6.45) is 2.28. The molecule has 1 saturated heterocycles. The standard InChI is InChI=1S/C16H23NO2S/c1-13-6-8-17(9-7-13)16(19)12-20-11-15-4-2-14(10-18)3-5-15/h2-5,13,18H,6-12H2,1H3. The van der Waals surface area contributed by atoms with Crippen LogP contribution in [0.4, 0.5) is 0 Å². The predicted molar refractivity (Wildman–Crippen MR) is 83.5 cm³/mol. The fourth-order valence-electron chi connectivity index (χ4n) is 2.35. The van der Waals surface area contributed by atoms with Crippen molar-refractivity contribution in [2.45, 2.75) is 32.1 Å². The first-order valence-corrected chi connectivity index (χ1v) is 8.38. The predicted octanol–water partition coefficient (Wildman–Crippen LogP) is 2.67. The van der Waals surface area contributed by atoms with Crippen molar-refractivity contribution in [3.05, 3.63) is 35.4 Å². The lowest BCUT2D eigenvalue weighted by Gasteiger charge is -2.30. The molecular formula is C16H23NO2S. The van der Waals surface area contributed by atoms with Crippen molar-refractivity contribution in [1.29, 1.82) is 0 Å². The third-order valence-corrected chi connectivity index (χ3v) is 4.82. The SMILES string of the molecule is CC1CCN(C(=O)CSCc2ccc(CO)cc2)CC1. The van der Waals surface area contributed by atoms with Gasteiger partial charge in [-0.1, -0.05) is 31.2 Å². The highest BCUT2D eigenvalue weighted by molar-refractivity contribution is 7.99. The molecule has 1 aliphatic heterocycles. The number of thioether (sulfide) groups is 1. The Morgan fingerprint density at radius 1 is 1.25 bits per heavy atom. The molecule has 0 atom stereocenters. The van der Waals surface area contributed by atoms with Crippen LogP contribution in [-0.4, -0.2) is 34.8 Å². The molecule has 0 bridgehead atoms. The van der Waals surface area contributed by atoms with E-state index in [-0.39, 0.29) is 12.5 Å². The lowest BCUT2D eigenvalue weighted by atomic mass is 9.99. The second-order valence-electron chi connectivity index (χ2n) is 5.53. The Balaban J connectivity index is 1.70. The molecule has 3 nitrogen and oxygen atoms in total. The Morgan fingerprint density at radius 2 is 1.85 bits per heavy atom. The van der Waals surface area contributed by atoms with Gasteiger partial charge in [0.1, 0.15) is 0 Å². The number of aliphatic hydroxyl groups excluding tert-OH is 1. The molecule has 0 saturated carbocycles. The molecule has 1 fully saturated rings. The van der Waals surface area contributed by atoms with Crippen molar-refractivity contribution in [1.82, 2.24) is 4.90 Å². The smallest absolute Gasteiger partial charge is 0.232 e. The normalized spacial score (nSPS) is 16.4. The zero-order valence-corrected chi connectivity index (χ0v) is 12.9. The molecule has 4 heteroatoms. The number of carbonyl (C=O) groups is 1. The average molecular weight is 293 g/mol. The van der Waals surface area contributed by atoms with E-state index in [1.165, 1.54) is 5.56 Å². The number of hydrogen-bond donors (Lipinski definition) is 1. The summed E-state index contributed by atoms with van der Waals surface area (Å²) >= 11 is 1.67. The van der Waals surface area contributed by atoms with E-state index in [4.69, 9.17) is 5.11 Å². The Kier molecular flexibility index (Phi) is 5.92. The molecule has 1 aromatic rings. The molecule has 2 rings (SSSR count). The monoisotopic (exact) mass is 293 g/mol. The number of rotatable bonds is 5. The van der Waals surface area contributed by atoms with Crippen LogP contribution in [0.1, 0.15) is 30.9 Å². The zero-order chi connectivity index (χ0) is 14.4.